The van der Waals surface area contributed by atoms with Gasteiger partial charge in [-0.2, -0.15) is 0 Å². The molecule has 36 heavy (non-hydrogen) atoms. The second-order valence-electron chi connectivity index (χ2n) is 9.78. The van der Waals surface area contributed by atoms with Crippen molar-refractivity contribution in [2.45, 2.75) is 37.9 Å². The lowest BCUT2D eigenvalue weighted by molar-refractivity contribution is -0.154. The number of Topliss-reactive ketones (excluding diaryl/α,β-unsaturated/α-hetero) is 2. The normalized spacial score (nSPS) is 29.6. The van der Waals surface area contributed by atoms with Crippen molar-refractivity contribution in [3.8, 4) is 16.9 Å². The van der Waals surface area contributed by atoms with Gasteiger partial charge in [0, 0.05) is 29.4 Å². The summed E-state index contributed by atoms with van der Waals surface area (Å²) in [6.07, 6.45) is -2.06. The van der Waals surface area contributed by atoms with Crippen LogP contribution in [0.15, 0.2) is 59.1 Å². The van der Waals surface area contributed by atoms with Gasteiger partial charge < -0.3 is 31.3 Å². The van der Waals surface area contributed by atoms with Gasteiger partial charge in [0.15, 0.2) is 11.4 Å². The Labute approximate surface area is 205 Å². The van der Waals surface area contributed by atoms with Crippen molar-refractivity contribution in [3.05, 3.63) is 75.8 Å². The van der Waals surface area contributed by atoms with E-state index in [4.69, 9.17) is 5.73 Å². The third-order valence-electron chi connectivity index (χ3n) is 7.86. The summed E-state index contributed by atoms with van der Waals surface area (Å²) in [5.41, 5.74) is 3.39. The van der Waals surface area contributed by atoms with E-state index in [1.165, 1.54) is 0 Å². The zero-order chi connectivity index (χ0) is 26.3. The summed E-state index contributed by atoms with van der Waals surface area (Å²) in [6, 6.07) is 10.6. The summed E-state index contributed by atoms with van der Waals surface area (Å²) < 4.78 is 0. The zero-order valence-electron chi connectivity index (χ0n) is 19.5. The molecular formula is C27H25NO8. The summed E-state index contributed by atoms with van der Waals surface area (Å²) >= 11 is 0. The highest BCUT2D eigenvalue weighted by Gasteiger charge is 2.64. The molecule has 5 rings (SSSR count). The van der Waals surface area contributed by atoms with Crippen LogP contribution in [0.2, 0.25) is 0 Å². The van der Waals surface area contributed by atoms with E-state index in [0.29, 0.717) is 16.7 Å². The van der Waals surface area contributed by atoms with Crippen LogP contribution in [0.5, 0.6) is 5.75 Å². The van der Waals surface area contributed by atoms with E-state index in [2.05, 4.69) is 0 Å². The number of amides is 1. The molecule has 9 nitrogen and oxygen atoms in total. The molecule has 5 atom stereocenters. The van der Waals surface area contributed by atoms with Crippen LogP contribution in [-0.4, -0.2) is 54.7 Å². The van der Waals surface area contributed by atoms with Gasteiger partial charge >= 0.3 is 0 Å². The van der Waals surface area contributed by atoms with Gasteiger partial charge in [0.2, 0.25) is 5.78 Å². The first-order valence-electron chi connectivity index (χ1n) is 11.5. The number of aryl methyl sites for hydroxylation is 1. The summed E-state index contributed by atoms with van der Waals surface area (Å²) in [4.78, 5) is 38.6. The number of aliphatic hydroxyl groups excluding tert-OH is 3. The summed E-state index contributed by atoms with van der Waals surface area (Å²) in [7, 11) is 0. The molecule has 0 unspecified atom stereocenters. The van der Waals surface area contributed by atoms with Crippen molar-refractivity contribution in [2.24, 2.45) is 17.6 Å². The van der Waals surface area contributed by atoms with E-state index < -0.39 is 76.0 Å². The number of hydrogen-bond acceptors (Lipinski definition) is 8. The number of carbonyl (C=O) groups excluding carboxylic acids is 3. The van der Waals surface area contributed by atoms with Crippen LogP contribution in [0, 0.1) is 18.8 Å². The number of nitrogens with two attached hydrogens (primary N) is 1. The number of primary amides is 1. The van der Waals surface area contributed by atoms with Crippen molar-refractivity contribution in [1.29, 1.82) is 0 Å². The molecule has 0 spiro atoms. The minimum Gasteiger partial charge on any atom is -0.511 e. The highest BCUT2D eigenvalue weighted by molar-refractivity contribution is 6.24. The predicted molar refractivity (Wildman–Crippen MR) is 127 cm³/mol. The van der Waals surface area contributed by atoms with Crippen LogP contribution in [0.25, 0.3) is 11.1 Å². The molecule has 7 N–H and O–H groups in total. The van der Waals surface area contributed by atoms with Crippen molar-refractivity contribution >= 4 is 17.5 Å². The number of aliphatic hydroxyl groups is 4. The highest BCUT2D eigenvalue weighted by Crippen LogP contribution is 2.55. The van der Waals surface area contributed by atoms with Gasteiger partial charge in [-0.05, 0) is 24.0 Å². The van der Waals surface area contributed by atoms with Gasteiger partial charge in [-0.1, -0.05) is 48.9 Å². The molecule has 1 amide bonds. The average Bonchev–Trinajstić information content (AvgIpc) is 2.82. The fraction of sp³-hybridized carbons (Fsp3) is 0.296. The average molecular weight is 491 g/mol. The van der Waals surface area contributed by atoms with Gasteiger partial charge in [-0.15, -0.1) is 0 Å². The lowest BCUT2D eigenvalue weighted by atomic mass is 9.56. The lowest BCUT2D eigenvalue weighted by Gasteiger charge is -2.50. The number of fused-ring (bicyclic) bond motifs is 3. The number of benzene rings is 2. The molecule has 9 heteroatoms. The standard InChI is InChI=1S/C27H25NO8/c1-10-3-5-12(6-4-10)14-8-7-13-11(2)17-20(23(32)18(13)21(14)30)25(34)27(36)15(22(17)31)9-16(29)19(24(27)33)26(28)35/h3-8,11,15,17,22,29-31,34,36H,9H2,1-2H3,(H2,28,35)/t11-,15+,17+,22+,27+/m0/s1. The maximum absolute atomic E-state index is 13.7. The van der Waals surface area contributed by atoms with Crippen molar-refractivity contribution < 1.29 is 39.9 Å². The van der Waals surface area contributed by atoms with Crippen LogP contribution in [-0.2, 0) is 9.59 Å². The second kappa shape index (κ2) is 7.78. The van der Waals surface area contributed by atoms with E-state index in [1.807, 2.05) is 19.1 Å². The third kappa shape index (κ3) is 2.93. The zero-order valence-corrected chi connectivity index (χ0v) is 19.5. The molecule has 2 aromatic rings. The van der Waals surface area contributed by atoms with Gasteiger partial charge in [0.25, 0.3) is 5.91 Å². The molecular weight excluding hydrogens is 466 g/mol. The van der Waals surface area contributed by atoms with Crippen LogP contribution in [0.3, 0.4) is 0 Å². The molecule has 0 aliphatic heterocycles. The van der Waals surface area contributed by atoms with Gasteiger partial charge in [0.1, 0.15) is 22.8 Å². The van der Waals surface area contributed by atoms with Crippen LogP contribution >= 0.6 is 0 Å². The summed E-state index contributed by atoms with van der Waals surface area (Å²) in [5.74, 6) is -8.70. The lowest BCUT2D eigenvalue weighted by Crippen LogP contribution is -2.62. The number of rotatable bonds is 2. The van der Waals surface area contributed by atoms with Crippen molar-refractivity contribution in [2.75, 3.05) is 0 Å². The molecule has 3 aliphatic rings. The Hall–Kier alpha value is -3.95. The minimum absolute atomic E-state index is 0.107. The number of hydrogen-bond donors (Lipinski definition) is 6. The first-order valence-corrected chi connectivity index (χ1v) is 11.5. The summed E-state index contributed by atoms with van der Waals surface area (Å²) in [6.45, 7) is 3.60. The maximum atomic E-state index is 13.7. The molecule has 3 aliphatic carbocycles. The van der Waals surface area contributed by atoms with Crippen LogP contribution in [0.1, 0.15) is 40.7 Å². The molecule has 0 heterocycles. The quantitative estimate of drug-likeness (QED) is 0.346. The monoisotopic (exact) mass is 491 g/mol. The largest absolute Gasteiger partial charge is 0.511 e. The van der Waals surface area contributed by atoms with E-state index >= 15 is 0 Å². The van der Waals surface area contributed by atoms with E-state index in [-0.39, 0.29) is 11.3 Å². The van der Waals surface area contributed by atoms with Gasteiger partial charge in [0.05, 0.1) is 11.7 Å². The number of aromatic hydroxyl groups is 1. The Morgan fingerprint density at radius 3 is 2.31 bits per heavy atom. The highest BCUT2D eigenvalue weighted by atomic mass is 16.4. The predicted octanol–water partition coefficient (Wildman–Crippen LogP) is 2.09. The number of ketones is 2. The van der Waals surface area contributed by atoms with E-state index in [0.717, 1.165) is 5.56 Å². The molecule has 0 saturated heterocycles. The topological polar surface area (TPSA) is 178 Å². The molecule has 0 radical (unpaired) electrons. The molecule has 0 bridgehead atoms. The Kier molecular flexibility index (Phi) is 5.14. The van der Waals surface area contributed by atoms with Crippen LogP contribution in [0.4, 0.5) is 0 Å². The molecule has 0 fully saturated rings. The van der Waals surface area contributed by atoms with Crippen molar-refractivity contribution in [1.82, 2.24) is 0 Å². The Morgan fingerprint density at radius 2 is 1.69 bits per heavy atom. The number of phenolic OH excluding ortho intramolecular Hbond substituents is 1. The van der Waals surface area contributed by atoms with Crippen molar-refractivity contribution in [3.63, 3.8) is 0 Å². The second-order valence-corrected chi connectivity index (χ2v) is 9.78. The smallest absolute Gasteiger partial charge is 0.255 e. The molecule has 2 aromatic carbocycles. The molecule has 0 saturated carbocycles. The fourth-order valence-electron chi connectivity index (χ4n) is 5.96. The minimum atomic E-state index is -2.85. The number of allylic oxidation sites excluding steroid dienone is 1. The number of phenols is 1. The first kappa shape index (κ1) is 23.8. The maximum Gasteiger partial charge on any atom is 0.255 e. The van der Waals surface area contributed by atoms with Gasteiger partial charge in [-0.25, -0.2) is 0 Å². The van der Waals surface area contributed by atoms with E-state index in [1.54, 1.807) is 31.2 Å². The van der Waals surface area contributed by atoms with E-state index in [9.17, 15) is 39.9 Å². The Morgan fingerprint density at radius 1 is 1.06 bits per heavy atom. The SMILES string of the molecule is Cc1ccc(-c2ccc3c(c2O)C(=O)C2=C(O)[C@]4(O)C(=O)C(C(N)=O)=C(O)C[C@@H]4[C@@H](O)[C@@H]2[C@H]3C)cc1. The van der Waals surface area contributed by atoms with Gasteiger partial charge in [-0.3, -0.25) is 14.4 Å². The Bertz CT molecular complexity index is 1420. The first-order chi connectivity index (χ1) is 16.9. The number of carbonyl (C=O) groups is 3. The Balaban J connectivity index is 1.73. The third-order valence-corrected chi connectivity index (χ3v) is 7.86. The summed E-state index contributed by atoms with van der Waals surface area (Å²) in [5, 5.41) is 55.3. The molecule has 0 aromatic heterocycles. The fourth-order valence-corrected chi connectivity index (χ4v) is 5.96. The molecule has 186 valence electrons. The van der Waals surface area contributed by atoms with Crippen LogP contribution < -0.4 is 5.73 Å².